The molecule has 0 saturated heterocycles. The number of aromatic nitrogens is 2. The largest absolute Gasteiger partial charge is 0.497 e. The van der Waals surface area contributed by atoms with Gasteiger partial charge in [0, 0.05) is 6.42 Å². The minimum atomic E-state index is 0.175. The van der Waals surface area contributed by atoms with E-state index in [0.717, 1.165) is 29.1 Å². The van der Waals surface area contributed by atoms with Gasteiger partial charge >= 0.3 is 0 Å². The average Bonchev–Trinajstić information content (AvgIpc) is 3.07. The van der Waals surface area contributed by atoms with Crippen molar-refractivity contribution in [1.82, 2.24) is 9.78 Å². The lowest BCUT2D eigenvalue weighted by Gasteiger charge is -2.24. The first-order chi connectivity index (χ1) is 12.2. The Labute approximate surface area is 147 Å². The van der Waals surface area contributed by atoms with Crippen molar-refractivity contribution in [3.05, 3.63) is 77.1 Å². The number of ether oxygens (including phenoxy) is 1. The molecule has 2 aromatic carbocycles. The van der Waals surface area contributed by atoms with E-state index in [2.05, 4.69) is 24.2 Å². The number of hydrogen-bond acceptors (Lipinski definition) is 3. The zero-order chi connectivity index (χ0) is 17.4. The fraction of sp³-hybridized carbons (Fsp3) is 0.238. The standard InChI is InChI=1S/C21H20N2O2/c1-14-5-3-4-6-18(14)15-11-20-19(21(24)12-15)13-22-23(20)16-7-9-17(25-2)10-8-16/h3-10,13,15H,11-12H2,1-2H3/t15-/m0/s1. The number of hydrogen-bond donors (Lipinski definition) is 0. The predicted molar refractivity (Wildman–Crippen MR) is 96.7 cm³/mol. The van der Waals surface area contributed by atoms with Crippen LogP contribution in [0.1, 0.15) is 39.5 Å². The van der Waals surface area contributed by atoms with E-state index in [9.17, 15) is 4.79 Å². The molecule has 4 heteroatoms. The molecular formula is C21H20N2O2. The first kappa shape index (κ1) is 15.6. The first-order valence-electron chi connectivity index (χ1n) is 8.47. The molecule has 1 heterocycles. The number of methoxy groups -OCH3 is 1. The van der Waals surface area contributed by atoms with Gasteiger partial charge in [0.15, 0.2) is 5.78 Å². The van der Waals surface area contributed by atoms with Gasteiger partial charge in [-0.2, -0.15) is 5.10 Å². The summed E-state index contributed by atoms with van der Waals surface area (Å²) in [7, 11) is 1.65. The Kier molecular flexibility index (Phi) is 3.88. The monoisotopic (exact) mass is 332 g/mol. The van der Waals surface area contributed by atoms with Crippen molar-refractivity contribution in [2.75, 3.05) is 7.11 Å². The molecule has 0 bridgehead atoms. The molecule has 0 N–H and O–H groups in total. The lowest BCUT2D eigenvalue weighted by atomic mass is 9.81. The lowest BCUT2D eigenvalue weighted by molar-refractivity contribution is 0.0963. The van der Waals surface area contributed by atoms with Gasteiger partial charge in [-0.05, 0) is 54.7 Å². The normalized spacial score (nSPS) is 16.6. The molecule has 0 amide bonds. The number of carbonyl (C=O) groups excluding carboxylic acids is 1. The zero-order valence-corrected chi connectivity index (χ0v) is 14.4. The van der Waals surface area contributed by atoms with E-state index in [-0.39, 0.29) is 11.7 Å². The van der Waals surface area contributed by atoms with Crippen LogP contribution in [0.15, 0.2) is 54.7 Å². The summed E-state index contributed by atoms with van der Waals surface area (Å²) in [5.41, 5.74) is 5.18. The second-order valence-corrected chi connectivity index (χ2v) is 6.50. The molecule has 126 valence electrons. The Morgan fingerprint density at radius 2 is 1.84 bits per heavy atom. The van der Waals surface area contributed by atoms with Gasteiger partial charge in [0.05, 0.1) is 30.3 Å². The van der Waals surface area contributed by atoms with E-state index in [4.69, 9.17) is 4.74 Å². The van der Waals surface area contributed by atoms with Crippen LogP contribution in [0.2, 0.25) is 0 Å². The van der Waals surface area contributed by atoms with Crippen LogP contribution in [0.5, 0.6) is 5.75 Å². The van der Waals surface area contributed by atoms with Crippen molar-refractivity contribution in [1.29, 1.82) is 0 Å². The lowest BCUT2D eigenvalue weighted by Crippen LogP contribution is -2.20. The van der Waals surface area contributed by atoms with E-state index >= 15 is 0 Å². The SMILES string of the molecule is COc1ccc(-n2ncc3c2C[C@H](c2ccccc2C)CC3=O)cc1. The molecule has 3 aromatic rings. The molecule has 1 atom stereocenters. The molecule has 0 saturated carbocycles. The molecule has 4 nitrogen and oxygen atoms in total. The van der Waals surface area contributed by atoms with E-state index in [1.807, 2.05) is 41.1 Å². The highest BCUT2D eigenvalue weighted by Gasteiger charge is 2.30. The molecule has 1 aliphatic rings. The van der Waals surface area contributed by atoms with Crippen LogP contribution in [0.4, 0.5) is 0 Å². The fourth-order valence-corrected chi connectivity index (χ4v) is 3.65. The number of aryl methyl sites for hydroxylation is 1. The van der Waals surface area contributed by atoms with Gasteiger partial charge in [0.25, 0.3) is 0 Å². The molecule has 0 spiro atoms. The third-order valence-corrected chi connectivity index (χ3v) is 4.99. The van der Waals surface area contributed by atoms with Crippen LogP contribution < -0.4 is 4.74 Å². The van der Waals surface area contributed by atoms with Crippen LogP contribution in [0.25, 0.3) is 5.69 Å². The number of fused-ring (bicyclic) bond motifs is 1. The highest BCUT2D eigenvalue weighted by molar-refractivity contribution is 5.98. The maximum Gasteiger partial charge on any atom is 0.166 e. The van der Waals surface area contributed by atoms with Crippen molar-refractivity contribution >= 4 is 5.78 Å². The number of benzene rings is 2. The topological polar surface area (TPSA) is 44.1 Å². The fourth-order valence-electron chi connectivity index (χ4n) is 3.65. The number of ketones is 1. The van der Waals surface area contributed by atoms with E-state index in [1.54, 1.807) is 13.3 Å². The summed E-state index contributed by atoms with van der Waals surface area (Å²) in [6, 6.07) is 16.1. The minimum absolute atomic E-state index is 0.175. The van der Waals surface area contributed by atoms with Crippen molar-refractivity contribution < 1.29 is 9.53 Å². The molecule has 4 rings (SSSR count). The van der Waals surface area contributed by atoms with Gasteiger partial charge in [-0.1, -0.05) is 24.3 Å². The number of nitrogens with zero attached hydrogens (tertiary/aromatic N) is 2. The molecule has 1 aromatic heterocycles. The van der Waals surface area contributed by atoms with Gasteiger partial charge < -0.3 is 4.74 Å². The summed E-state index contributed by atoms with van der Waals surface area (Å²) in [5, 5.41) is 4.48. The number of rotatable bonds is 3. The number of Topliss-reactive ketones (excluding diaryl/α,β-unsaturated/α-hetero) is 1. The van der Waals surface area contributed by atoms with Gasteiger partial charge in [0.2, 0.25) is 0 Å². The van der Waals surface area contributed by atoms with Crippen molar-refractivity contribution in [3.63, 3.8) is 0 Å². The highest BCUT2D eigenvalue weighted by atomic mass is 16.5. The summed E-state index contributed by atoms with van der Waals surface area (Å²) < 4.78 is 7.11. The van der Waals surface area contributed by atoms with Gasteiger partial charge in [-0.15, -0.1) is 0 Å². The minimum Gasteiger partial charge on any atom is -0.497 e. The quantitative estimate of drug-likeness (QED) is 0.725. The van der Waals surface area contributed by atoms with Gasteiger partial charge in [-0.25, -0.2) is 4.68 Å². The average molecular weight is 332 g/mol. The van der Waals surface area contributed by atoms with Crippen LogP contribution in [-0.2, 0) is 6.42 Å². The second kappa shape index (κ2) is 6.20. The van der Waals surface area contributed by atoms with Crippen LogP contribution >= 0.6 is 0 Å². The molecule has 25 heavy (non-hydrogen) atoms. The van der Waals surface area contributed by atoms with Crippen LogP contribution in [-0.4, -0.2) is 22.7 Å². The summed E-state index contributed by atoms with van der Waals surface area (Å²) in [6.07, 6.45) is 3.07. The van der Waals surface area contributed by atoms with Gasteiger partial charge in [0.1, 0.15) is 5.75 Å². The third-order valence-electron chi connectivity index (χ3n) is 4.99. The summed E-state index contributed by atoms with van der Waals surface area (Å²) in [4.78, 5) is 12.7. The van der Waals surface area contributed by atoms with Crippen molar-refractivity contribution in [2.45, 2.75) is 25.7 Å². The third kappa shape index (κ3) is 2.74. The van der Waals surface area contributed by atoms with Crippen molar-refractivity contribution in [2.24, 2.45) is 0 Å². The Balaban J connectivity index is 1.74. The Morgan fingerprint density at radius 1 is 1.08 bits per heavy atom. The predicted octanol–water partition coefficient (Wildman–Crippen LogP) is 4.10. The highest BCUT2D eigenvalue weighted by Crippen LogP contribution is 2.35. The maximum atomic E-state index is 12.7. The van der Waals surface area contributed by atoms with E-state index in [1.165, 1.54) is 11.1 Å². The smallest absolute Gasteiger partial charge is 0.166 e. The molecule has 1 aliphatic carbocycles. The van der Waals surface area contributed by atoms with Gasteiger partial charge in [-0.3, -0.25) is 4.79 Å². The van der Waals surface area contributed by atoms with Crippen LogP contribution in [0, 0.1) is 6.92 Å². The van der Waals surface area contributed by atoms with E-state index < -0.39 is 0 Å². The summed E-state index contributed by atoms with van der Waals surface area (Å²) >= 11 is 0. The molecular weight excluding hydrogens is 312 g/mol. The summed E-state index contributed by atoms with van der Waals surface area (Å²) in [5.74, 6) is 1.18. The first-order valence-corrected chi connectivity index (χ1v) is 8.47. The summed E-state index contributed by atoms with van der Waals surface area (Å²) in [6.45, 7) is 2.11. The zero-order valence-electron chi connectivity index (χ0n) is 14.4. The Bertz CT molecular complexity index is 925. The molecule has 0 fully saturated rings. The Hall–Kier alpha value is -2.88. The van der Waals surface area contributed by atoms with Crippen LogP contribution in [0.3, 0.4) is 0 Å². The second-order valence-electron chi connectivity index (χ2n) is 6.50. The maximum absolute atomic E-state index is 12.7. The Morgan fingerprint density at radius 3 is 2.56 bits per heavy atom. The molecule has 0 aliphatic heterocycles. The van der Waals surface area contributed by atoms with E-state index in [0.29, 0.717) is 6.42 Å². The molecule has 0 radical (unpaired) electrons. The molecule has 0 unspecified atom stereocenters. The van der Waals surface area contributed by atoms with Crippen molar-refractivity contribution in [3.8, 4) is 11.4 Å². The number of carbonyl (C=O) groups is 1.